The van der Waals surface area contributed by atoms with Gasteiger partial charge < -0.3 is 4.74 Å². The minimum Gasteiger partial charge on any atom is -0.493 e. The first-order chi connectivity index (χ1) is 6.24. The quantitative estimate of drug-likeness (QED) is 0.688. The van der Waals surface area contributed by atoms with E-state index in [1.165, 1.54) is 12.1 Å². The van der Waals surface area contributed by atoms with Crippen LogP contribution in [-0.4, -0.2) is 13.3 Å². The predicted molar refractivity (Wildman–Crippen MR) is 47.5 cm³/mol. The zero-order chi connectivity index (χ0) is 9.68. The normalized spacial score (nSPS) is 10.1. The summed E-state index contributed by atoms with van der Waals surface area (Å²) in [5.74, 6) is -0.158. The minimum atomic E-state index is -0.528. The van der Waals surface area contributed by atoms with Gasteiger partial charge in [0.1, 0.15) is 11.6 Å². The van der Waals surface area contributed by atoms with Gasteiger partial charge in [-0.05, 0) is 12.1 Å². The van der Waals surface area contributed by atoms with E-state index in [9.17, 15) is 8.78 Å². The molecule has 0 amide bonds. The molecule has 0 fully saturated rings. The summed E-state index contributed by atoms with van der Waals surface area (Å²) in [5, 5.41) is 0.0536. The molecule has 0 aromatic heterocycles. The van der Waals surface area contributed by atoms with E-state index in [0.717, 1.165) is 0 Å². The van der Waals surface area contributed by atoms with Gasteiger partial charge in [0.05, 0.1) is 18.3 Å². The minimum absolute atomic E-state index is 0.0536. The predicted octanol–water partition coefficient (Wildman–Crippen LogP) is 3.22. The average molecular weight is 207 g/mol. The molecule has 0 aliphatic rings. The molecule has 0 spiro atoms. The number of hydrogen-bond acceptors (Lipinski definition) is 1. The molecule has 0 N–H and O–H groups in total. The third kappa shape index (κ3) is 3.19. The van der Waals surface area contributed by atoms with Crippen molar-refractivity contribution in [3.8, 4) is 5.75 Å². The van der Waals surface area contributed by atoms with Gasteiger partial charge in [0.25, 0.3) is 0 Å². The Kier molecular flexibility index (Phi) is 3.96. The molecular formula is C9H9ClF2O. The van der Waals surface area contributed by atoms with Crippen LogP contribution in [0.1, 0.15) is 6.42 Å². The van der Waals surface area contributed by atoms with E-state index in [1.807, 2.05) is 0 Å². The lowest BCUT2D eigenvalue weighted by Gasteiger charge is -2.04. The van der Waals surface area contributed by atoms with E-state index >= 15 is 0 Å². The van der Waals surface area contributed by atoms with Gasteiger partial charge in [0.15, 0.2) is 0 Å². The number of halogens is 3. The molecule has 1 aromatic rings. The summed E-state index contributed by atoms with van der Waals surface area (Å²) in [6.07, 6.45) is 0.310. The fraction of sp³-hybridized carbons (Fsp3) is 0.333. The molecule has 72 valence electrons. The van der Waals surface area contributed by atoms with Crippen LogP contribution in [0.15, 0.2) is 18.2 Å². The number of benzene rings is 1. The molecule has 1 rings (SSSR count). The monoisotopic (exact) mass is 206 g/mol. The van der Waals surface area contributed by atoms with E-state index in [-0.39, 0.29) is 11.6 Å². The van der Waals surface area contributed by atoms with Crippen LogP contribution in [-0.2, 0) is 0 Å². The van der Waals surface area contributed by atoms with Gasteiger partial charge in [0, 0.05) is 12.5 Å². The van der Waals surface area contributed by atoms with E-state index in [2.05, 4.69) is 0 Å². The summed E-state index contributed by atoms with van der Waals surface area (Å²) in [6, 6.07) is 4.13. The topological polar surface area (TPSA) is 9.23 Å². The Hall–Kier alpha value is -0.830. The first-order valence-electron chi connectivity index (χ1n) is 3.88. The lowest BCUT2D eigenvalue weighted by atomic mass is 10.3. The summed E-state index contributed by atoms with van der Waals surface area (Å²) in [7, 11) is 0. The maximum atomic E-state index is 12.8. The van der Waals surface area contributed by atoms with Gasteiger partial charge in [0.2, 0.25) is 0 Å². The van der Waals surface area contributed by atoms with Crippen molar-refractivity contribution in [3.05, 3.63) is 29.0 Å². The zero-order valence-corrected chi connectivity index (χ0v) is 7.65. The van der Waals surface area contributed by atoms with Gasteiger partial charge in [-0.25, -0.2) is 4.39 Å². The van der Waals surface area contributed by atoms with Crippen LogP contribution in [0.4, 0.5) is 8.78 Å². The molecule has 0 saturated heterocycles. The van der Waals surface area contributed by atoms with Crippen molar-refractivity contribution in [1.82, 2.24) is 0 Å². The summed E-state index contributed by atoms with van der Waals surface area (Å²) >= 11 is 5.45. The summed E-state index contributed by atoms with van der Waals surface area (Å²) < 4.78 is 29.5. The maximum Gasteiger partial charge on any atom is 0.145 e. The Labute approximate surface area is 80.3 Å². The van der Waals surface area contributed by atoms with Crippen LogP contribution in [0.5, 0.6) is 5.75 Å². The fourth-order valence-corrected chi connectivity index (χ4v) is 0.929. The number of rotatable bonds is 4. The van der Waals surface area contributed by atoms with Crippen molar-refractivity contribution in [2.45, 2.75) is 6.42 Å². The molecule has 13 heavy (non-hydrogen) atoms. The Morgan fingerprint density at radius 3 is 2.77 bits per heavy atom. The molecule has 0 unspecified atom stereocenters. The van der Waals surface area contributed by atoms with Crippen molar-refractivity contribution < 1.29 is 13.5 Å². The van der Waals surface area contributed by atoms with E-state index in [1.54, 1.807) is 6.07 Å². The van der Waals surface area contributed by atoms with Gasteiger partial charge in [-0.15, -0.1) is 0 Å². The van der Waals surface area contributed by atoms with E-state index < -0.39 is 12.5 Å². The molecule has 0 radical (unpaired) electrons. The largest absolute Gasteiger partial charge is 0.493 e. The van der Waals surface area contributed by atoms with Crippen LogP contribution < -0.4 is 4.74 Å². The standard InChI is InChI=1S/C9H9ClF2O/c10-8-3-2-7(6-9(8)12)13-5-1-4-11/h2-3,6H,1,4-5H2. The van der Waals surface area contributed by atoms with Crippen molar-refractivity contribution >= 4 is 11.6 Å². The summed E-state index contributed by atoms with van der Waals surface area (Å²) in [5.41, 5.74) is 0. The molecule has 0 heterocycles. The van der Waals surface area contributed by atoms with Crippen LogP contribution in [0.2, 0.25) is 5.02 Å². The number of alkyl halides is 1. The smallest absolute Gasteiger partial charge is 0.145 e. The van der Waals surface area contributed by atoms with Gasteiger partial charge in [-0.2, -0.15) is 0 Å². The fourth-order valence-electron chi connectivity index (χ4n) is 0.811. The molecular weight excluding hydrogens is 198 g/mol. The number of hydrogen-bond donors (Lipinski definition) is 0. The Morgan fingerprint density at radius 2 is 2.15 bits per heavy atom. The lowest BCUT2D eigenvalue weighted by Crippen LogP contribution is -1.98. The highest BCUT2D eigenvalue weighted by molar-refractivity contribution is 6.30. The van der Waals surface area contributed by atoms with Gasteiger partial charge in [-0.1, -0.05) is 11.6 Å². The van der Waals surface area contributed by atoms with Gasteiger partial charge in [-0.3, -0.25) is 4.39 Å². The molecule has 4 heteroatoms. The third-order valence-corrected chi connectivity index (χ3v) is 1.74. The maximum absolute atomic E-state index is 12.8. The first-order valence-corrected chi connectivity index (χ1v) is 4.25. The molecule has 0 saturated carbocycles. The lowest BCUT2D eigenvalue weighted by molar-refractivity contribution is 0.288. The van der Waals surface area contributed by atoms with Gasteiger partial charge >= 0.3 is 0 Å². The van der Waals surface area contributed by atoms with Crippen LogP contribution in [0.25, 0.3) is 0 Å². The van der Waals surface area contributed by atoms with Crippen LogP contribution >= 0.6 is 11.6 Å². The molecule has 0 aliphatic carbocycles. The average Bonchev–Trinajstić information content (AvgIpc) is 2.12. The summed E-state index contributed by atoms with van der Waals surface area (Å²) in [6.45, 7) is -0.187. The molecule has 0 bridgehead atoms. The Balaban J connectivity index is 2.53. The van der Waals surface area contributed by atoms with Crippen LogP contribution in [0.3, 0.4) is 0 Å². The van der Waals surface area contributed by atoms with Crippen LogP contribution in [0, 0.1) is 5.82 Å². The second kappa shape index (κ2) is 5.02. The molecule has 0 aliphatic heterocycles. The second-order valence-corrected chi connectivity index (χ2v) is 2.87. The number of ether oxygens (including phenoxy) is 1. The third-order valence-electron chi connectivity index (χ3n) is 1.44. The highest BCUT2D eigenvalue weighted by Gasteiger charge is 2.00. The van der Waals surface area contributed by atoms with Crippen molar-refractivity contribution in [1.29, 1.82) is 0 Å². The summed E-state index contributed by atoms with van der Waals surface area (Å²) in [4.78, 5) is 0. The first kappa shape index (κ1) is 10.3. The SMILES string of the molecule is FCCCOc1ccc(Cl)c(F)c1. The Morgan fingerprint density at radius 1 is 1.38 bits per heavy atom. The molecule has 1 aromatic carbocycles. The highest BCUT2D eigenvalue weighted by atomic mass is 35.5. The highest BCUT2D eigenvalue weighted by Crippen LogP contribution is 2.20. The van der Waals surface area contributed by atoms with E-state index in [0.29, 0.717) is 12.2 Å². The zero-order valence-electron chi connectivity index (χ0n) is 6.90. The van der Waals surface area contributed by atoms with Crippen molar-refractivity contribution in [2.24, 2.45) is 0 Å². The second-order valence-electron chi connectivity index (χ2n) is 2.47. The van der Waals surface area contributed by atoms with Crippen molar-refractivity contribution in [2.75, 3.05) is 13.3 Å². The molecule has 1 nitrogen and oxygen atoms in total. The van der Waals surface area contributed by atoms with Crippen molar-refractivity contribution in [3.63, 3.8) is 0 Å². The Bertz CT molecular complexity index is 278. The van der Waals surface area contributed by atoms with E-state index in [4.69, 9.17) is 16.3 Å². The molecule has 0 atom stereocenters.